The van der Waals surface area contributed by atoms with Gasteiger partial charge in [0.15, 0.2) is 5.13 Å². The summed E-state index contributed by atoms with van der Waals surface area (Å²) in [5.41, 5.74) is 7.53. The maximum Gasteiger partial charge on any atom is 0.225 e. The van der Waals surface area contributed by atoms with Crippen molar-refractivity contribution in [1.29, 1.82) is 0 Å². The van der Waals surface area contributed by atoms with Crippen molar-refractivity contribution in [3.05, 3.63) is 18.0 Å². The van der Waals surface area contributed by atoms with Crippen LogP contribution < -0.4 is 10.6 Å². The molecule has 0 radical (unpaired) electrons. The van der Waals surface area contributed by atoms with Crippen LogP contribution in [0, 0.1) is 6.92 Å². The second-order valence-electron chi connectivity index (χ2n) is 3.88. The van der Waals surface area contributed by atoms with Gasteiger partial charge >= 0.3 is 0 Å². The summed E-state index contributed by atoms with van der Waals surface area (Å²) in [6, 6.07) is 1.90. The largest absolute Gasteiger partial charge is 0.375 e. The highest BCUT2D eigenvalue weighted by molar-refractivity contribution is 7.18. The number of hydrogen-bond donors (Lipinski definition) is 1. The van der Waals surface area contributed by atoms with E-state index in [9.17, 15) is 0 Å². The quantitative estimate of drug-likeness (QED) is 0.917. The lowest BCUT2D eigenvalue weighted by Gasteiger charge is -2.18. The van der Waals surface area contributed by atoms with Gasteiger partial charge in [0, 0.05) is 19.3 Å². The fourth-order valence-electron chi connectivity index (χ4n) is 1.79. The second kappa shape index (κ2) is 5.30. The average molecular weight is 263 g/mol. The molecular weight excluding hydrogens is 246 g/mol. The zero-order valence-corrected chi connectivity index (χ0v) is 11.7. The monoisotopic (exact) mass is 263 g/mol. The Morgan fingerprint density at radius 1 is 1.28 bits per heavy atom. The fourth-order valence-corrected chi connectivity index (χ4v) is 2.59. The van der Waals surface area contributed by atoms with Gasteiger partial charge in [0.05, 0.1) is 16.3 Å². The molecule has 0 aliphatic heterocycles. The van der Waals surface area contributed by atoms with E-state index < -0.39 is 0 Å². The summed E-state index contributed by atoms with van der Waals surface area (Å²) in [5.74, 6) is 0.754. The molecule has 2 rings (SSSR count). The van der Waals surface area contributed by atoms with Crippen LogP contribution in [-0.4, -0.2) is 28.0 Å². The average Bonchev–Trinajstić information content (AvgIpc) is 2.70. The molecule has 0 fully saturated rings. The molecule has 0 atom stereocenters. The first-order chi connectivity index (χ1) is 8.65. The predicted molar refractivity (Wildman–Crippen MR) is 75.9 cm³/mol. The minimum absolute atomic E-state index is 0.575. The van der Waals surface area contributed by atoms with Crippen molar-refractivity contribution >= 4 is 22.4 Å². The van der Waals surface area contributed by atoms with Gasteiger partial charge < -0.3 is 10.6 Å². The predicted octanol–water partition coefficient (Wildman–Crippen LogP) is 2.34. The van der Waals surface area contributed by atoms with Crippen molar-refractivity contribution in [3.63, 3.8) is 0 Å². The number of nitrogens with zero attached hydrogens (tertiary/aromatic N) is 4. The Balaban J connectivity index is 2.41. The van der Waals surface area contributed by atoms with Crippen LogP contribution in [0.3, 0.4) is 0 Å². The third kappa shape index (κ3) is 2.43. The molecule has 2 aromatic rings. The van der Waals surface area contributed by atoms with Crippen LogP contribution in [-0.2, 0) is 0 Å². The van der Waals surface area contributed by atoms with Crippen molar-refractivity contribution in [2.24, 2.45) is 0 Å². The number of nitrogens with two attached hydrogens (primary N) is 1. The van der Waals surface area contributed by atoms with Crippen LogP contribution in [0.1, 0.15) is 19.5 Å². The summed E-state index contributed by atoms with van der Waals surface area (Å²) in [4.78, 5) is 16.3. The maximum atomic E-state index is 5.72. The topological polar surface area (TPSA) is 67.9 Å². The number of anilines is 2. The molecule has 0 amide bonds. The summed E-state index contributed by atoms with van der Waals surface area (Å²) in [7, 11) is 0. The lowest BCUT2D eigenvalue weighted by molar-refractivity contribution is 0.822. The molecule has 5 nitrogen and oxygen atoms in total. The SMILES string of the molecule is CCN(CC)c1nccc(-c2sc(N)nc2C)n1. The Labute approximate surface area is 111 Å². The molecule has 0 aliphatic rings. The van der Waals surface area contributed by atoms with Gasteiger partial charge in [0.1, 0.15) is 0 Å². The summed E-state index contributed by atoms with van der Waals surface area (Å²) >= 11 is 1.46. The molecule has 0 aliphatic carbocycles. The third-order valence-corrected chi connectivity index (χ3v) is 3.74. The number of nitrogen functional groups attached to an aromatic ring is 1. The van der Waals surface area contributed by atoms with E-state index in [4.69, 9.17) is 5.73 Å². The Morgan fingerprint density at radius 3 is 2.56 bits per heavy atom. The number of thiazole rings is 1. The first-order valence-electron chi connectivity index (χ1n) is 5.97. The van der Waals surface area contributed by atoms with Gasteiger partial charge in [-0.3, -0.25) is 0 Å². The molecule has 0 spiro atoms. The van der Waals surface area contributed by atoms with Crippen LogP contribution in [0.25, 0.3) is 10.6 Å². The lowest BCUT2D eigenvalue weighted by atomic mass is 10.3. The molecule has 0 bridgehead atoms. The Kier molecular flexibility index (Phi) is 3.76. The van der Waals surface area contributed by atoms with Gasteiger partial charge in [0.2, 0.25) is 5.95 Å². The van der Waals surface area contributed by atoms with Crippen molar-refractivity contribution in [2.45, 2.75) is 20.8 Å². The molecule has 96 valence electrons. The highest BCUT2D eigenvalue weighted by atomic mass is 32.1. The van der Waals surface area contributed by atoms with Crippen molar-refractivity contribution in [2.75, 3.05) is 23.7 Å². The molecular formula is C12H17N5S. The van der Waals surface area contributed by atoms with Gasteiger partial charge in [-0.1, -0.05) is 11.3 Å². The smallest absolute Gasteiger partial charge is 0.225 e. The zero-order chi connectivity index (χ0) is 13.1. The van der Waals surface area contributed by atoms with E-state index in [1.807, 2.05) is 13.0 Å². The van der Waals surface area contributed by atoms with E-state index in [2.05, 4.69) is 33.7 Å². The second-order valence-corrected chi connectivity index (χ2v) is 4.91. The van der Waals surface area contributed by atoms with E-state index in [0.717, 1.165) is 35.3 Å². The standard InChI is InChI=1S/C12H17N5S/c1-4-17(5-2)12-14-7-6-9(16-12)10-8(3)15-11(13)18-10/h6-7H,4-5H2,1-3H3,(H2,13,15). The molecule has 2 aromatic heterocycles. The summed E-state index contributed by atoms with van der Waals surface area (Å²) in [6.45, 7) is 7.92. The van der Waals surface area contributed by atoms with Crippen molar-refractivity contribution in [1.82, 2.24) is 15.0 Å². The first-order valence-corrected chi connectivity index (χ1v) is 6.78. The molecule has 0 unspecified atom stereocenters. The van der Waals surface area contributed by atoms with E-state index >= 15 is 0 Å². The van der Waals surface area contributed by atoms with Gasteiger partial charge in [-0.2, -0.15) is 0 Å². The van der Waals surface area contributed by atoms with E-state index in [1.165, 1.54) is 11.3 Å². The van der Waals surface area contributed by atoms with Crippen molar-refractivity contribution in [3.8, 4) is 10.6 Å². The molecule has 2 heterocycles. The van der Waals surface area contributed by atoms with Gasteiger partial charge in [-0.15, -0.1) is 0 Å². The molecule has 0 saturated carbocycles. The minimum atomic E-state index is 0.575. The van der Waals surface area contributed by atoms with Crippen molar-refractivity contribution < 1.29 is 0 Å². The van der Waals surface area contributed by atoms with Crippen LogP contribution >= 0.6 is 11.3 Å². The van der Waals surface area contributed by atoms with Crippen LogP contribution in [0.15, 0.2) is 12.3 Å². The minimum Gasteiger partial charge on any atom is -0.375 e. The summed E-state index contributed by atoms with van der Waals surface area (Å²) in [6.07, 6.45) is 1.78. The number of aryl methyl sites for hydroxylation is 1. The normalized spacial score (nSPS) is 10.6. The fraction of sp³-hybridized carbons (Fsp3) is 0.417. The Hall–Kier alpha value is -1.69. The molecule has 0 aromatic carbocycles. The van der Waals surface area contributed by atoms with Crippen LogP contribution in [0.5, 0.6) is 0 Å². The Morgan fingerprint density at radius 2 is 2.00 bits per heavy atom. The summed E-state index contributed by atoms with van der Waals surface area (Å²) in [5, 5.41) is 0.575. The molecule has 0 saturated heterocycles. The van der Waals surface area contributed by atoms with Crippen LogP contribution in [0.4, 0.5) is 11.1 Å². The van der Waals surface area contributed by atoms with E-state index in [0.29, 0.717) is 5.13 Å². The van der Waals surface area contributed by atoms with Gasteiger partial charge in [-0.25, -0.2) is 15.0 Å². The number of hydrogen-bond acceptors (Lipinski definition) is 6. The summed E-state index contributed by atoms with van der Waals surface area (Å²) < 4.78 is 0. The van der Waals surface area contributed by atoms with E-state index in [1.54, 1.807) is 6.20 Å². The number of aromatic nitrogens is 3. The van der Waals surface area contributed by atoms with E-state index in [-0.39, 0.29) is 0 Å². The molecule has 6 heteroatoms. The van der Waals surface area contributed by atoms with Crippen LogP contribution in [0.2, 0.25) is 0 Å². The van der Waals surface area contributed by atoms with Gasteiger partial charge in [0.25, 0.3) is 0 Å². The maximum absolute atomic E-state index is 5.72. The third-order valence-electron chi connectivity index (χ3n) is 2.73. The highest BCUT2D eigenvalue weighted by Crippen LogP contribution is 2.30. The molecule has 18 heavy (non-hydrogen) atoms. The lowest BCUT2D eigenvalue weighted by Crippen LogP contribution is -2.24. The zero-order valence-electron chi connectivity index (χ0n) is 10.8. The highest BCUT2D eigenvalue weighted by Gasteiger charge is 2.12. The first kappa shape index (κ1) is 12.8. The molecule has 2 N–H and O–H groups in total. The number of rotatable bonds is 4. The van der Waals surface area contributed by atoms with Gasteiger partial charge in [-0.05, 0) is 26.8 Å². The Bertz CT molecular complexity index is 533.